The van der Waals surface area contributed by atoms with Gasteiger partial charge in [-0.15, -0.1) is 0 Å². The lowest BCUT2D eigenvalue weighted by atomic mass is 9.94. The topological polar surface area (TPSA) is 51.2 Å². The second-order valence-electron chi connectivity index (χ2n) is 9.77. The number of hydrogen-bond acceptors (Lipinski definition) is 3. The Morgan fingerprint density at radius 3 is 2.30 bits per heavy atom. The summed E-state index contributed by atoms with van der Waals surface area (Å²) in [6.07, 6.45) is -4.52. The molecule has 0 aliphatic carbocycles. The van der Waals surface area contributed by atoms with E-state index in [1.165, 1.54) is 12.1 Å². The quantitative estimate of drug-likeness (QED) is 0.234. The van der Waals surface area contributed by atoms with Gasteiger partial charge >= 0.3 is 6.18 Å². The lowest BCUT2D eigenvalue weighted by molar-refractivity contribution is -0.137. The maximum atomic E-state index is 13.6. The van der Waals surface area contributed by atoms with Crippen molar-refractivity contribution in [3.63, 3.8) is 0 Å². The van der Waals surface area contributed by atoms with E-state index in [1.54, 1.807) is 6.92 Å². The molecule has 0 spiro atoms. The lowest BCUT2D eigenvalue weighted by Crippen LogP contribution is -2.16. The number of anilines is 1. The van der Waals surface area contributed by atoms with Crippen LogP contribution in [0.3, 0.4) is 0 Å². The van der Waals surface area contributed by atoms with Gasteiger partial charge in [0.05, 0.1) is 22.3 Å². The number of rotatable bonds is 6. The van der Waals surface area contributed by atoms with Crippen molar-refractivity contribution in [2.75, 3.05) is 5.32 Å². The molecule has 0 bridgehead atoms. The molecule has 0 aliphatic heterocycles. The number of amides is 1. The van der Waals surface area contributed by atoms with Crippen molar-refractivity contribution in [1.82, 2.24) is 4.98 Å². The van der Waals surface area contributed by atoms with E-state index < -0.39 is 17.6 Å². The minimum Gasteiger partial charge on any atom is -0.489 e. The number of pyridine rings is 1. The van der Waals surface area contributed by atoms with E-state index >= 15 is 0 Å². The second kappa shape index (κ2) is 10.8. The molecule has 0 fully saturated rings. The van der Waals surface area contributed by atoms with E-state index in [4.69, 9.17) is 9.72 Å². The van der Waals surface area contributed by atoms with Crippen LogP contribution in [0.15, 0.2) is 91.0 Å². The third kappa shape index (κ3) is 5.69. The van der Waals surface area contributed by atoms with Crippen molar-refractivity contribution < 1.29 is 22.7 Å². The molecular formula is C33H27F3N2O2. The number of benzene rings is 4. The van der Waals surface area contributed by atoms with E-state index in [0.29, 0.717) is 40.1 Å². The fourth-order valence-electron chi connectivity index (χ4n) is 4.81. The molecule has 4 nitrogen and oxygen atoms in total. The van der Waals surface area contributed by atoms with Gasteiger partial charge in [0, 0.05) is 16.6 Å². The number of halogens is 3. The number of carbonyl (C=O) groups is 1. The smallest absolute Gasteiger partial charge is 0.416 e. The molecule has 202 valence electrons. The molecule has 1 aromatic heterocycles. The Labute approximate surface area is 230 Å². The summed E-state index contributed by atoms with van der Waals surface area (Å²) in [7, 11) is 0. The number of nitrogens with one attached hydrogen (secondary N) is 1. The van der Waals surface area contributed by atoms with E-state index in [1.807, 2.05) is 80.6 Å². The molecule has 7 heteroatoms. The summed E-state index contributed by atoms with van der Waals surface area (Å²) in [5.41, 5.74) is 5.19. The Morgan fingerprint density at radius 2 is 1.60 bits per heavy atom. The van der Waals surface area contributed by atoms with Gasteiger partial charge in [-0.2, -0.15) is 13.2 Å². The van der Waals surface area contributed by atoms with Gasteiger partial charge in [0.15, 0.2) is 0 Å². The van der Waals surface area contributed by atoms with Crippen LogP contribution < -0.4 is 10.1 Å². The third-order valence-corrected chi connectivity index (χ3v) is 6.72. The average molecular weight is 541 g/mol. The normalized spacial score (nSPS) is 11.4. The molecule has 4 aromatic carbocycles. The second-order valence-corrected chi connectivity index (χ2v) is 9.77. The van der Waals surface area contributed by atoms with Gasteiger partial charge in [-0.1, -0.05) is 48.0 Å². The summed E-state index contributed by atoms with van der Waals surface area (Å²) < 4.78 is 45.7. The zero-order chi connectivity index (χ0) is 28.4. The Morgan fingerprint density at radius 1 is 0.875 bits per heavy atom. The predicted molar refractivity (Wildman–Crippen MR) is 152 cm³/mol. The molecule has 1 heterocycles. The molecule has 5 aromatic rings. The molecule has 0 atom stereocenters. The molecular weight excluding hydrogens is 513 g/mol. The van der Waals surface area contributed by atoms with Crippen molar-refractivity contribution in [3.8, 4) is 17.0 Å². The highest BCUT2D eigenvalue weighted by Crippen LogP contribution is 2.34. The first-order chi connectivity index (χ1) is 19.1. The van der Waals surface area contributed by atoms with E-state index in [-0.39, 0.29) is 5.69 Å². The van der Waals surface area contributed by atoms with Crippen molar-refractivity contribution in [1.29, 1.82) is 0 Å². The van der Waals surface area contributed by atoms with Crippen LogP contribution in [0.25, 0.3) is 22.2 Å². The van der Waals surface area contributed by atoms with Crippen LogP contribution in [-0.2, 0) is 12.8 Å². The van der Waals surface area contributed by atoms with Gasteiger partial charge in [-0.25, -0.2) is 4.98 Å². The van der Waals surface area contributed by atoms with Crippen LogP contribution in [0.5, 0.6) is 5.75 Å². The molecule has 0 unspecified atom stereocenters. The number of hydrogen-bond donors (Lipinski definition) is 1. The molecule has 0 radical (unpaired) electrons. The molecule has 1 N–H and O–H groups in total. The van der Waals surface area contributed by atoms with Gasteiger partial charge in [0.2, 0.25) is 0 Å². The summed E-state index contributed by atoms with van der Waals surface area (Å²) in [5.74, 6) is 0.193. The largest absolute Gasteiger partial charge is 0.489 e. The highest BCUT2D eigenvalue weighted by molar-refractivity contribution is 6.15. The molecule has 5 rings (SSSR count). The van der Waals surface area contributed by atoms with Crippen molar-refractivity contribution in [2.24, 2.45) is 0 Å². The van der Waals surface area contributed by atoms with Gasteiger partial charge < -0.3 is 10.1 Å². The SMILES string of the molecule is Cc1cc(C)c2nc(-c3ccc(OCc4ccccc4)cc3)c(C)c(C(=O)Nc3cccc(C(F)(F)F)c3)c2c1. The Balaban J connectivity index is 1.53. The number of alkyl halides is 3. The van der Waals surface area contributed by atoms with Gasteiger partial charge in [-0.3, -0.25) is 4.79 Å². The molecule has 1 amide bonds. The lowest BCUT2D eigenvalue weighted by Gasteiger charge is -2.17. The zero-order valence-electron chi connectivity index (χ0n) is 22.3. The average Bonchev–Trinajstić information content (AvgIpc) is 2.92. The molecule has 40 heavy (non-hydrogen) atoms. The first-order valence-corrected chi connectivity index (χ1v) is 12.8. The van der Waals surface area contributed by atoms with Gasteiger partial charge in [0.1, 0.15) is 12.4 Å². The highest BCUT2D eigenvalue weighted by atomic mass is 19.4. The molecule has 0 aliphatic rings. The number of aryl methyl sites for hydroxylation is 2. The number of ether oxygens (including phenoxy) is 1. The van der Waals surface area contributed by atoms with E-state index in [9.17, 15) is 18.0 Å². The van der Waals surface area contributed by atoms with Crippen LogP contribution in [-0.4, -0.2) is 10.9 Å². The number of nitrogens with zero attached hydrogens (tertiary/aromatic N) is 1. The minimum absolute atomic E-state index is 0.0648. The Bertz CT molecular complexity index is 1700. The number of fused-ring (bicyclic) bond motifs is 1. The van der Waals surface area contributed by atoms with Crippen LogP contribution in [0.2, 0.25) is 0 Å². The van der Waals surface area contributed by atoms with Crippen LogP contribution >= 0.6 is 0 Å². The van der Waals surface area contributed by atoms with Crippen LogP contribution in [0, 0.1) is 20.8 Å². The van der Waals surface area contributed by atoms with Crippen LogP contribution in [0.4, 0.5) is 18.9 Å². The highest BCUT2D eigenvalue weighted by Gasteiger charge is 2.30. The van der Waals surface area contributed by atoms with Crippen molar-refractivity contribution >= 4 is 22.5 Å². The molecule has 0 saturated heterocycles. The summed E-state index contributed by atoms with van der Waals surface area (Å²) in [4.78, 5) is 18.6. The van der Waals surface area contributed by atoms with E-state index in [2.05, 4.69) is 5.32 Å². The summed E-state index contributed by atoms with van der Waals surface area (Å²) >= 11 is 0. The van der Waals surface area contributed by atoms with Crippen molar-refractivity contribution in [3.05, 3.63) is 124 Å². The van der Waals surface area contributed by atoms with Crippen LogP contribution in [0.1, 0.15) is 38.2 Å². The first kappa shape index (κ1) is 26.9. The fraction of sp³-hybridized carbons (Fsp3) is 0.152. The standard InChI is InChI=1S/C33H27F3N2O2/c1-20-16-21(2)30-28(17-20)29(32(39)37-26-11-7-10-25(18-26)33(34,35)36)22(3)31(38-30)24-12-14-27(15-13-24)40-19-23-8-5-4-6-9-23/h4-18H,19H2,1-3H3,(H,37,39). The predicted octanol–water partition coefficient (Wildman–Crippen LogP) is 8.68. The monoisotopic (exact) mass is 540 g/mol. The summed E-state index contributed by atoms with van der Waals surface area (Å²) in [6.45, 7) is 6.10. The Hall–Kier alpha value is -4.65. The maximum Gasteiger partial charge on any atom is 0.416 e. The summed E-state index contributed by atoms with van der Waals surface area (Å²) in [6, 6.07) is 25.8. The van der Waals surface area contributed by atoms with E-state index in [0.717, 1.165) is 34.4 Å². The third-order valence-electron chi connectivity index (χ3n) is 6.72. The Kier molecular flexibility index (Phi) is 7.30. The zero-order valence-corrected chi connectivity index (χ0v) is 22.3. The fourth-order valence-corrected chi connectivity index (χ4v) is 4.81. The van der Waals surface area contributed by atoms with Gasteiger partial charge in [-0.05, 0) is 86.0 Å². The number of carbonyl (C=O) groups excluding carboxylic acids is 1. The first-order valence-electron chi connectivity index (χ1n) is 12.8. The number of aromatic nitrogens is 1. The maximum absolute atomic E-state index is 13.6. The van der Waals surface area contributed by atoms with Crippen molar-refractivity contribution in [2.45, 2.75) is 33.6 Å². The molecule has 0 saturated carbocycles. The minimum atomic E-state index is -4.52. The summed E-state index contributed by atoms with van der Waals surface area (Å²) in [5, 5.41) is 3.32. The van der Waals surface area contributed by atoms with Gasteiger partial charge in [0.25, 0.3) is 5.91 Å².